The molecule has 1 fully saturated rings. The van der Waals surface area contributed by atoms with Crippen molar-refractivity contribution < 1.29 is 4.79 Å². The third kappa shape index (κ3) is 3.30. The van der Waals surface area contributed by atoms with Crippen LogP contribution < -0.4 is 21.2 Å². The quantitative estimate of drug-likeness (QED) is 0.862. The van der Waals surface area contributed by atoms with Gasteiger partial charge in [0.2, 0.25) is 0 Å². The highest BCUT2D eigenvalue weighted by Gasteiger charge is 2.21. The molecule has 3 rings (SSSR count). The Hall–Kier alpha value is -2.44. The third-order valence-corrected chi connectivity index (χ3v) is 4.88. The summed E-state index contributed by atoms with van der Waals surface area (Å²) in [6, 6.07) is 3.84. The number of fused-ring (bicyclic) bond motifs is 1. The predicted octanol–water partition coefficient (Wildman–Crippen LogP) is 2.97. The van der Waals surface area contributed by atoms with E-state index in [4.69, 9.17) is 0 Å². The van der Waals surface area contributed by atoms with Gasteiger partial charge in [-0.2, -0.15) is 0 Å². The van der Waals surface area contributed by atoms with Crippen molar-refractivity contribution >= 4 is 28.4 Å². The van der Waals surface area contributed by atoms with E-state index in [1.165, 1.54) is 0 Å². The van der Waals surface area contributed by atoms with Gasteiger partial charge in [-0.15, -0.1) is 0 Å². The fourth-order valence-electron chi connectivity index (χ4n) is 3.70. The zero-order valence-corrected chi connectivity index (χ0v) is 16.1. The standard InChI is InChI=1S/C19H29N5O2/c1-5-23-16-11-14(21-18(25)20-13(3)4)15(22-9-7-8-10-22)12-17(16)24(6-2)19(23)26/h11-13H,5-10H2,1-4H3,(H2,20,21,25). The number of carbonyl (C=O) groups excluding carboxylic acids is 1. The predicted molar refractivity (Wildman–Crippen MR) is 106 cm³/mol. The molecule has 142 valence electrons. The van der Waals surface area contributed by atoms with Crippen molar-refractivity contribution in [1.29, 1.82) is 0 Å². The van der Waals surface area contributed by atoms with Crippen LogP contribution in [-0.4, -0.2) is 34.3 Å². The van der Waals surface area contributed by atoms with E-state index in [1.54, 1.807) is 9.13 Å². The molecule has 0 unspecified atom stereocenters. The van der Waals surface area contributed by atoms with Gasteiger partial charge in [0.15, 0.2) is 0 Å². The second kappa shape index (κ2) is 7.43. The molecule has 1 aliphatic rings. The van der Waals surface area contributed by atoms with Crippen LogP contribution in [0, 0.1) is 0 Å². The topological polar surface area (TPSA) is 71.3 Å². The van der Waals surface area contributed by atoms with Crippen LogP contribution in [0.1, 0.15) is 40.5 Å². The number of amides is 2. The molecule has 2 aromatic rings. The van der Waals surface area contributed by atoms with Crippen LogP contribution in [0.4, 0.5) is 16.2 Å². The second-order valence-electron chi connectivity index (χ2n) is 7.08. The molecular formula is C19H29N5O2. The van der Waals surface area contributed by atoms with E-state index in [0.717, 1.165) is 48.3 Å². The van der Waals surface area contributed by atoms with Gasteiger partial charge in [-0.25, -0.2) is 9.59 Å². The number of hydrogen-bond donors (Lipinski definition) is 2. The summed E-state index contributed by atoms with van der Waals surface area (Å²) in [7, 11) is 0. The summed E-state index contributed by atoms with van der Waals surface area (Å²) in [5.41, 5.74) is 3.54. The Morgan fingerprint density at radius 2 is 1.65 bits per heavy atom. The molecule has 0 aliphatic carbocycles. The lowest BCUT2D eigenvalue weighted by Crippen LogP contribution is -2.34. The first-order chi connectivity index (χ1) is 12.5. The van der Waals surface area contributed by atoms with Crippen LogP contribution >= 0.6 is 0 Å². The van der Waals surface area contributed by atoms with Crippen LogP contribution in [0.15, 0.2) is 16.9 Å². The van der Waals surface area contributed by atoms with Crippen molar-refractivity contribution in [3.8, 4) is 0 Å². The number of urea groups is 1. The molecular weight excluding hydrogens is 330 g/mol. The highest BCUT2D eigenvalue weighted by molar-refractivity contribution is 5.98. The molecule has 0 atom stereocenters. The minimum Gasteiger partial charge on any atom is -0.370 e. The van der Waals surface area contributed by atoms with E-state index in [2.05, 4.69) is 21.6 Å². The number of hydrogen-bond acceptors (Lipinski definition) is 3. The Kier molecular flexibility index (Phi) is 5.25. The molecule has 1 aromatic heterocycles. The van der Waals surface area contributed by atoms with Crippen molar-refractivity contribution in [2.24, 2.45) is 0 Å². The van der Waals surface area contributed by atoms with Crippen molar-refractivity contribution in [3.63, 3.8) is 0 Å². The van der Waals surface area contributed by atoms with Crippen LogP contribution in [0.5, 0.6) is 0 Å². The van der Waals surface area contributed by atoms with Crippen LogP contribution in [0.2, 0.25) is 0 Å². The fraction of sp³-hybridized carbons (Fsp3) is 0.579. The van der Waals surface area contributed by atoms with E-state index in [1.807, 2.05) is 33.8 Å². The Balaban J connectivity index is 2.15. The maximum absolute atomic E-state index is 12.7. The molecule has 7 nitrogen and oxygen atoms in total. The molecule has 2 N–H and O–H groups in total. The smallest absolute Gasteiger partial charge is 0.329 e. The second-order valence-corrected chi connectivity index (χ2v) is 7.08. The first kappa shape index (κ1) is 18.4. The van der Waals surface area contributed by atoms with E-state index in [9.17, 15) is 9.59 Å². The molecule has 2 amide bonds. The number of nitrogens with zero attached hydrogens (tertiary/aromatic N) is 3. The van der Waals surface area contributed by atoms with Gasteiger partial charge < -0.3 is 15.5 Å². The Bertz CT molecular complexity index is 859. The monoisotopic (exact) mass is 359 g/mol. The molecule has 1 aliphatic heterocycles. The van der Waals surface area contributed by atoms with Gasteiger partial charge in [0, 0.05) is 32.2 Å². The summed E-state index contributed by atoms with van der Waals surface area (Å²) in [5, 5.41) is 5.86. The number of carbonyl (C=O) groups is 1. The van der Waals surface area contributed by atoms with E-state index in [-0.39, 0.29) is 17.8 Å². The lowest BCUT2D eigenvalue weighted by Gasteiger charge is -2.22. The average molecular weight is 359 g/mol. The van der Waals surface area contributed by atoms with Crippen molar-refractivity contribution in [2.45, 2.75) is 59.7 Å². The van der Waals surface area contributed by atoms with Gasteiger partial charge in [-0.1, -0.05) is 0 Å². The number of anilines is 2. The molecule has 0 bridgehead atoms. The van der Waals surface area contributed by atoms with Gasteiger partial charge in [-0.05, 0) is 52.7 Å². The lowest BCUT2D eigenvalue weighted by atomic mass is 10.2. The maximum atomic E-state index is 12.7. The number of aromatic nitrogens is 2. The van der Waals surface area contributed by atoms with E-state index < -0.39 is 0 Å². The number of aryl methyl sites for hydroxylation is 2. The number of rotatable bonds is 5. The lowest BCUT2D eigenvalue weighted by molar-refractivity contribution is 0.250. The molecule has 26 heavy (non-hydrogen) atoms. The average Bonchev–Trinajstić information content (AvgIpc) is 3.18. The summed E-state index contributed by atoms with van der Waals surface area (Å²) in [5.74, 6) is 0. The maximum Gasteiger partial charge on any atom is 0.329 e. The Morgan fingerprint density at radius 3 is 2.19 bits per heavy atom. The van der Waals surface area contributed by atoms with Crippen molar-refractivity contribution in [2.75, 3.05) is 23.3 Å². The summed E-state index contributed by atoms with van der Waals surface area (Å²) in [6.07, 6.45) is 2.29. The van der Waals surface area contributed by atoms with Gasteiger partial charge in [0.05, 0.1) is 22.4 Å². The molecule has 2 heterocycles. The zero-order valence-electron chi connectivity index (χ0n) is 16.1. The number of imidazole rings is 1. The normalized spacial score (nSPS) is 14.4. The zero-order chi connectivity index (χ0) is 18.8. The van der Waals surface area contributed by atoms with Crippen molar-refractivity contribution in [1.82, 2.24) is 14.5 Å². The van der Waals surface area contributed by atoms with Gasteiger partial charge in [0.25, 0.3) is 0 Å². The fourth-order valence-corrected chi connectivity index (χ4v) is 3.70. The summed E-state index contributed by atoms with van der Waals surface area (Å²) in [4.78, 5) is 27.3. The largest absolute Gasteiger partial charge is 0.370 e. The first-order valence-electron chi connectivity index (χ1n) is 9.55. The van der Waals surface area contributed by atoms with Crippen LogP contribution in [-0.2, 0) is 13.1 Å². The summed E-state index contributed by atoms with van der Waals surface area (Å²) in [6.45, 7) is 11.0. The molecule has 1 saturated heterocycles. The highest BCUT2D eigenvalue weighted by Crippen LogP contribution is 2.33. The Labute approximate surface area is 154 Å². The van der Waals surface area contributed by atoms with E-state index >= 15 is 0 Å². The SMILES string of the molecule is CCn1c(=O)n(CC)c2cc(N3CCCC3)c(NC(=O)NC(C)C)cc21. The van der Waals surface area contributed by atoms with E-state index in [0.29, 0.717) is 13.1 Å². The number of benzene rings is 1. The molecule has 7 heteroatoms. The first-order valence-corrected chi connectivity index (χ1v) is 9.55. The van der Waals surface area contributed by atoms with Crippen molar-refractivity contribution in [3.05, 3.63) is 22.6 Å². The van der Waals surface area contributed by atoms with Crippen LogP contribution in [0.25, 0.3) is 11.0 Å². The molecule has 0 radical (unpaired) electrons. The molecule has 1 aromatic carbocycles. The number of nitrogens with one attached hydrogen (secondary N) is 2. The summed E-state index contributed by atoms with van der Waals surface area (Å²) < 4.78 is 3.56. The molecule has 0 spiro atoms. The highest BCUT2D eigenvalue weighted by atomic mass is 16.2. The van der Waals surface area contributed by atoms with Gasteiger partial charge in [0.1, 0.15) is 0 Å². The Morgan fingerprint density at radius 1 is 1.08 bits per heavy atom. The van der Waals surface area contributed by atoms with Crippen LogP contribution in [0.3, 0.4) is 0 Å². The minimum atomic E-state index is -0.222. The third-order valence-electron chi connectivity index (χ3n) is 4.88. The summed E-state index contributed by atoms with van der Waals surface area (Å²) >= 11 is 0. The van der Waals surface area contributed by atoms with Gasteiger partial charge >= 0.3 is 11.7 Å². The van der Waals surface area contributed by atoms with Gasteiger partial charge in [-0.3, -0.25) is 9.13 Å². The molecule has 0 saturated carbocycles. The minimum absolute atomic E-state index is 0.00107.